The van der Waals surface area contributed by atoms with Gasteiger partial charge in [0.2, 0.25) is 5.91 Å². The predicted octanol–water partition coefficient (Wildman–Crippen LogP) is 3.88. The van der Waals surface area contributed by atoms with E-state index >= 15 is 0 Å². The molecule has 1 N–H and O–H groups in total. The Labute approximate surface area is 114 Å². The van der Waals surface area contributed by atoms with Crippen LogP contribution in [0.25, 0.3) is 0 Å². The van der Waals surface area contributed by atoms with Gasteiger partial charge in [-0.2, -0.15) is 0 Å². The fourth-order valence-corrected chi connectivity index (χ4v) is 1.52. The molecule has 0 aliphatic carbocycles. The van der Waals surface area contributed by atoms with E-state index in [1.165, 1.54) is 13.0 Å². The van der Waals surface area contributed by atoms with Gasteiger partial charge in [0.15, 0.2) is 0 Å². The zero-order valence-corrected chi connectivity index (χ0v) is 11.4. The van der Waals surface area contributed by atoms with Gasteiger partial charge < -0.3 is 10.1 Å². The highest BCUT2D eigenvalue weighted by molar-refractivity contribution is 9.09. The molecule has 3 nitrogen and oxygen atoms in total. The van der Waals surface area contributed by atoms with Gasteiger partial charge in [-0.15, -0.1) is 13.2 Å². The first-order chi connectivity index (χ1) is 8.23. The summed E-state index contributed by atoms with van der Waals surface area (Å²) in [7, 11) is 0. The lowest BCUT2D eigenvalue weighted by Gasteiger charge is -2.14. The third-order valence-corrected chi connectivity index (χ3v) is 2.70. The number of nitrogens with one attached hydrogen (secondary N) is 1. The van der Waals surface area contributed by atoms with E-state index in [9.17, 15) is 18.0 Å². The molecule has 0 spiro atoms. The summed E-state index contributed by atoms with van der Waals surface area (Å²) in [6.07, 6.45) is -4.81. The Morgan fingerprint density at radius 1 is 1.50 bits per heavy atom. The molecule has 0 bridgehead atoms. The number of hydrogen-bond acceptors (Lipinski definition) is 2. The van der Waals surface area contributed by atoms with Crippen molar-refractivity contribution >= 4 is 39.1 Å². The van der Waals surface area contributed by atoms with Crippen molar-refractivity contribution in [2.24, 2.45) is 0 Å². The molecule has 0 heterocycles. The number of amides is 1. The van der Waals surface area contributed by atoms with Crippen LogP contribution >= 0.6 is 27.5 Å². The SMILES string of the molecule is Cc1cc(OC(F)(F)F)c(Cl)cc1NC(=O)CBr. The van der Waals surface area contributed by atoms with Crippen LogP contribution in [0, 0.1) is 6.92 Å². The van der Waals surface area contributed by atoms with Gasteiger partial charge in [0.05, 0.1) is 10.4 Å². The summed E-state index contributed by atoms with van der Waals surface area (Å²) in [6.45, 7) is 1.53. The molecule has 0 unspecified atom stereocenters. The number of carbonyl (C=O) groups excluding carboxylic acids is 1. The fourth-order valence-electron chi connectivity index (χ4n) is 1.18. The topological polar surface area (TPSA) is 38.3 Å². The first kappa shape index (κ1) is 15.1. The number of hydrogen-bond donors (Lipinski definition) is 1. The Morgan fingerprint density at radius 2 is 2.11 bits per heavy atom. The number of carbonyl (C=O) groups is 1. The van der Waals surface area contributed by atoms with Crippen LogP contribution in [0.4, 0.5) is 18.9 Å². The molecule has 18 heavy (non-hydrogen) atoms. The van der Waals surface area contributed by atoms with Crippen LogP contribution in [-0.4, -0.2) is 17.6 Å². The summed E-state index contributed by atoms with van der Waals surface area (Å²) in [6, 6.07) is 2.32. The molecule has 0 aliphatic rings. The zero-order chi connectivity index (χ0) is 13.9. The highest BCUT2D eigenvalue weighted by Crippen LogP contribution is 2.34. The van der Waals surface area contributed by atoms with Crippen LogP contribution < -0.4 is 10.1 Å². The summed E-state index contributed by atoms with van der Waals surface area (Å²) in [5.41, 5.74) is 0.743. The highest BCUT2D eigenvalue weighted by atomic mass is 79.9. The largest absolute Gasteiger partial charge is 0.573 e. The van der Waals surface area contributed by atoms with Crippen LogP contribution in [-0.2, 0) is 4.79 Å². The van der Waals surface area contributed by atoms with Gasteiger partial charge in [0, 0.05) is 5.69 Å². The zero-order valence-electron chi connectivity index (χ0n) is 9.07. The van der Waals surface area contributed by atoms with Crippen LogP contribution in [0.2, 0.25) is 5.02 Å². The molecule has 1 rings (SSSR count). The molecule has 0 aromatic heterocycles. The van der Waals surface area contributed by atoms with Crippen molar-refractivity contribution < 1.29 is 22.7 Å². The molecule has 8 heteroatoms. The number of benzene rings is 1. The minimum absolute atomic E-state index is 0.0743. The summed E-state index contributed by atoms with van der Waals surface area (Å²) in [4.78, 5) is 11.1. The Bertz CT molecular complexity index is 465. The van der Waals surface area contributed by atoms with Crippen LogP contribution in [0.3, 0.4) is 0 Å². The third-order valence-electron chi connectivity index (χ3n) is 1.90. The Balaban J connectivity index is 3.01. The first-order valence-electron chi connectivity index (χ1n) is 4.64. The van der Waals surface area contributed by atoms with E-state index in [1.54, 1.807) is 0 Å². The molecule has 0 atom stereocenters. The maximum Gasteiger partial charge on any atom is 0.573 e. The smallest absolute Gasteiger partial charge is 0.404 e. The lowest BCUT2D eigenvalue weighted by molar-refractivity contribution is -0.274. The van der Waals surface area contributed by atoms with Gasteiger partial charge in [-0.3, -0.25) is 4.79 Å². The molecule has 1 amide bonds. The van der Waals surface area contributed by atoms with E-state index in [2.05, 4.69) is 26.0 Å². The molecule has 1 aromatic carbocycles. The van der Waals surface area contributed by atoms with Gasteiger partial charge in [0.1, 0.15) is 5.75 Å². The third kappa shape index (κ3) is 4.38. The van der Waals surface area contributed by atoms with E-state index in [0.717, 1.165) is 6.07 Å². The van der Waals surface area contributed by atoms with Gasteiger partial charge >= 0.3 is 6.36 Å². The fraction of sp³-hybridized carbons (Fsp3) is 0.300. The van der Waals surface area contributed by atoms with Gasteiger partial charge in [0.25, 0.3) is 0 Å². The standard InChI is InChI=1S/C10H8BrClF3NO2/c1-5-2-8(18-10(13,14)15)6(12)3-7(5)16-9(17)4-11/h2-3H,4H2,1H3,(H,16,17). The summed E-state index contributed by atoms with van der Waals surface area (Å²) >= 11 is 8.60. The average Bonchev–Trinajstić information content (AvgIpc) is 2.23. The second kappa shape index (κ2) is 5.79. The maximum absolute atomic E-state index is 12.1. The second-order valence-corrected chi connectivity index (χ2v) is 4.30. The van der Waals surface area contributed by atoms with Crippen LogP contribution in [0.15, 0.2) is 12.1 Å². The van der Waals surface area contributed by atoms with Crippen LogP contribution in [0.1, 0.15) is 5.56 Å². The minimum Gasteiger partial charge on any atom is -0.404 e. The first-order valence-corrected chi connectivity index (χ1v) is 6.14. The monoisotopic (exact) mass is 345 g/mol. The second-order valence-electron chi connectivity index (χ2n) is 3.33. The van der Waals surface area contributed by atoms with Crippen molar-refractivity contribution in [2.45, 2.75) is 13.3 Å². The normalized spacial score (nSPS) is 11.2. The van der Waals surface area contributed by atoms with Crippen molar-refractivity contribution in [3.8, 4) is 5.75 Å². The minimum atomic E-state index is -4.81. The van der Waals surface area contributed by atoms with E-state index in [-0.39, 0.29) is 16.3 Å². The molecule has 0 aliphatic heterocycles. The lowest BCUT2D eigenvalue weighted by atomic mass is 10.2. The Morgan fingerprint density at radius 3 is 2.61 bits per heavy atom. The molecule has 0 saturated heterocycles. The van der Waals surface area contributed by atoms with Crippen molar-refractivity contribution in [3.63, 3.8) is 0 Å². The number of anilines is 1. The molecule has 100 valence electrons. The number of rotatable bonds is 3. The van der Waals surface area contributed by atoms with E-state index in [1.807, 2.05) is 0 Å². The van der Waals surface area contributed by atoms with Gasteiger partial charge in [-0.1, -0.05) is 27.5 Å². The maximum atomic E-state index is 12.1. The Kier molecular flexibility index (Phi) is 4.86. The number of halogens is 5. The molecule has 0 saturated carbocycles. The lowest BCUT2D eigenvalue weighted by Crippen LogP contribution is -2.18. The summed E-state index contributed by atoms with van der Waals surface area (Å²) in [5.74, 6) is -0.836. The van der Waals surface area contributed by atoms with E-state index < -0.39 is 12.1 Å². The summed E-state index contributed by atoms with van der Waals surface area (Å²) < 4.78 is 39.9. The molecule has 1 aromatic rings. The summed E-state index contributed by atoms with van der Waals surface area (Å²) in [5, 5.41) is 2.32. The van der Waals surface area contributed by atoms with Crippen molar-refractivity contribution in [2.75, 3.05) is 10.6 Å². The van der Waals surface area contributed by atoms with Crippen molar-refractivity contribution in [1.82, 2.24) is 0 Å². The van der Waals surface area contributed by atoms with E-state index in [4.69, 9.17) is 11.6 Å². The molecular weight excluding hydrogens is 338 g/mol. The van der Waals surface area contributed by atoms with E-state index in [0.29, 0.717) is 11.3 Å². The van der Waals surface area contributed by atoms with Crippen molar-refractivity contribution in [3.05, 3.63) is 22.7 Å². The number of aryl methyl sites for hydroxylation is 1. The number of alkyl halides is 4. The van der Waals surface area contributed by atoms with Crippen LogP contribution in [0.5, 0.6) is 5.75 Å². The molecule has 0 fully saturated rings. The quantitative estimate of drug-likeness (QED) is 0.844. The molecular formula is C10H8BrClF3NO2. The predicted molar refractivity (Wildman–Crippen MR) is 65.3 cm³/mol. The van der Waals surface area contributed by atoms with Crippen molar-refractivity contribution in [1.29, 1.82) is 0 Å². The molecule has 0 radical (unpaired) electrons. The number of ether oxygens (including phenoxy) is 1. The highest BCUT2D eigenvalue weighted by Gasteiger charge is 2.32. The Hall–Kier alpha value is -0.950. The average molecular weight is 347 g/mol. The van der Waals surface area contributed by atoms with Gasteiger partial charge in [-0.25, -0.2) is 0 Å². The van der Waals surface area contributed by atoms with Gasteiger partial charge in [-0.05, 0) is 24.6 Å².